The summed E-state index contributed by atoms with van der Waals surface area (Å²) in [5, 5.41) is 3.18. The molecular weight excluding hydrogens is 302 g/mol. The molecule has 24 heavy (non-hydrogen) atoms. The molecule has 4 rings (SSSR count). The fraction of sp³-hybridized carbons (Fsp3) is 0.263. The lowest BCUT2D eigenvalue weighted by Crippen LogP contribution is -2.31. The highest BCUT2D eigenvalue weighted by Gasteiger charge is 2.46. The van der Waals surface area contributed by atoms with Crippen LogP contribution in [0.2, 0.25) is 0 Å². The normalized spacial score (nSPS) is 20.5. The van der Waals surface area contributed by atoms with E-state index in [0.717, 1.165) is 23.6 Å². The van der Waals surface area contributed by atoms with Crippen molar-refractivity contribution in [2.75, 3.05) is 0 Å². The Morgan fingerprint density at radius 3 is 2.88 bits per heavy atom. The van der Waals surface area contributed by atoms with E-state index in [-0.39, 0.29) is 23.8 Å². The molecule has 5 nitrogen and oxygen atoms in total. The number of imidazole rings is 1. The summed E-state index contributed by atoms with van der Waals surface area (Å²) in [5.74, 6) is 2.05. The number of nitrogens with one attached hydrogen (secondary N) is 2. The first kappa shape index (κ1) is 14.8. The maximum absolute atomic E-state index is 12.6. The number of nitrogens with zero attached hydrogens (tertiary/aromatic N) is 1. The Hall–Kier alpha value is -2.82. The van der Waals surface area contributed by atoms with Gasteiger partial charge in [0, 0.05) is 30.7 Å². The molecule has 0 spiro atoms. The van der Waals surface area contributed by atoms with E-state index in [1.165, 1.54) is 0 Å². The Bertz CT molecular complexity index is 781. The summed E-state index contributed by atoms with van der Waals surface area (Å²) in [6.07, 6.45) is 6.68. The van der Waals surface area contributed by atoms with Crippen LogP contribution in [-0.2, 0) is 11.2 Å². The number of carbonyl (C=O) groups excluding carboxylic acids is 1. The van der Waals surface area contributed by atoms with E-state index in [1.54, 1.807) is 18.7 Å². The molecule has 0 aliphatic heterocycles. The smallest absolute Gasteiger partial charge is 0.224 e. The van der Waals surface area contributed by atoms with Gasteiger partial charge >= 0.3 is 0 Å². The average Bonchev–Trinajstić information content (AvgIpc) is 3.02. The maximum atomic E-state index is 12.6. The third kappa shape index (κ3) is 3.11. The van der Waals surface area contributed by atoms with Gasteiger partial charge < -0.3 is 14.7 Å². The van der Waals surface area contributed by atoms with Crippen LogP contribution >= 0.6 is 0 Å². The maximum Gasteiger partial charge on any atom is 0.224 e. The van der Waals surface area contributed by atoms with Gasteiger partial charge in [-0.2, -0.15) is 0 Å². The van der Waals surface area contributed by atoms with Crippen molar-refractivity contribution in [1.29, 1.82) is 0 Å². The highest BCUT2D eigenvalue weighted by molar-refractivity contribution is 5.83. The minimum absolute atomic E-state index is 0.000960. The van der Waals surface area contributed by atoms with Crippen molar-refractivity contribution in [3.8, 4) is 0 Å². The third-order valence-electron chi connectivity index (χ3n) is 4.51. The Balaban J connectivity index is 1.47. The second-order valence-electron chi connectivity index (χ2n) is 6.18. The topological polar surface area (TPSA) is 70.9 Å². The molecule has 3 atom stereocenters. The van der Waals surface area contributed by atoms with Gasteiger partial charge in [0.15, 0.2) is 0 Å². The molecule has 0 unspecified atom stereocenters. The number of benzene rings is 1. The van der Waals surface area contributed by atoms with Gasteiger partial charge in [-0.3, -0.25) is 4.79 Å². The minimum Gasteiger partial charge on any atom is -0.469 e. The molecule has 0 radical (unpaired) electrons. The fourth-order valence-corrected chi connectivity index (χ4v) is 3.12. The van der Waals surface area contributed by atoms with Gasteiger partial charge in [0.2, 0.25) is 5.91 Å². The van der Waals surface area contributed by atoms with Gasteiger partial charge in [-0.05, 0) is 24.1 Å². The second kappa shape index (κ2) is 6.35. The number of furan rings is 1. The molecule has 1 aromatic carbocycles. The largest absolute Gasteiger partial charge is 0.469 e. The molecule has 1 amide bonds. The summed E-state index contributed by atoms with van der Waals surface area (Å²) >= 11 is 0. The van der Waals surface area contributed by atoms with Crippen LogP contribution < -0.4 is 5.32 Å². The van der Waals surface area contributed by atoms with Gasteiger partial charge in [-0.1, -0.05) is 30.3 Å². The molecule has 1 fully saturated rings. The molecule has 2 heterocycles. The van der Waals surface area contributed by atoms with Crippen LogP contribution in [-0.4, -0.2) is 15.9 Å². The molecule has 1 saturated carbocycles. The number of rotatable bonds is 6. The fourth-order valence-electron chi connectivity index (χ4n) is 3.12. The first-order chi connectivity index (χ1) is 11.8. The molecule has 2 aromatic heterocycles. The van der Waals surface area contributed by atoms with Crippen LogP contribution in [0.1, 0.15) is 35.5 Å². The summed E-state index contributed by atoms with van der Waals surface area (Å²) in [6, 6.07) is 13.7. The number of carbonyl (C=O) groups is 1. The molecule has 0 saturated heterocycles. The first-order valence-corrected chi connectivity index (χ1v) is 8.18. The van der Waals surface area contributed by atoms with Crippen molar-refractivity contribution in [2.45, 2.75) is 24.8 Å². The lowest BCUT2D eigenvalue weighted by atomic mass is 10.0. The van der Waals surface area contributed by atoms with E-state index in [0.29, 0.717) is 6.42 Å². The predicted octanol–water partition coefficient (Wildman–Crippen LogP) is 3.21. The zero-order valence-corrected chi connectivity index (χ0v) is 13.2. The van der Waals surface area contributed by atoms with Crippen molar-refractivity contribution >= 4 is 5.91 Å². The van der Waals surface area contributed by atoms with Crippen LogP contribution in [0.15, 0.2) is 65.5 Å². The van der Waals surface area contributed by atoms with Gasteiger partial charge in [0.05, 0.1) is 12.3 Å². The summed E-state index contributed by atoms with van der Waals surface area (Å²) in [7, 11) is 0. The Morgan fingerprint density at radius 1 is 1.29 bits per heavy atom. The zero-order valence-electron chi connectivity index (χ0n) is 13.2. The van der Waals surface area contributed by atoms with Crippen LogP contribution in [0.5, 0.6) is 0 Å². The Labute approximate surface area is 140 Å². The van der Waals surface area contributed by atoms with Gasteiger partial charge in [-0.15, -0.1) is 0 Å². The molecule has 1 aliphatic carbocycles. The highest BCUT2D eigenvalue weighted by atomic mass is 16.3. The lowest BCUT2D eigenvalue weighted by Gasteiger charge is -2.18. The minimum atomic E-state index is -0.0947. The van der Waals surface area contributed by atoms with E-state index in [9.17, 15) is 4.79 Å². The number of aromatic nitrogens is 2. The Morgan fingerprint density at radius 2 is 2.17 bits per heavy atom. The number of H-pyrrole nitrogens is 1. The van der Waals surface area contributed by atoms with Crippen molar-refractivity contribution in [3.63, 3.8) is 0 Å². The molecule has 122 valence electrons. The standard InChI is InChI=1S/C19H19N3O2/c23-19(15-11-14(15)17-7-4-10-24-17)22-16(12-18-20-8-9-21-18)13-5-2-1-3-6-13/h1-10,14-16H,11-12H2,(H,20,21)(H,22,23)/t14-,15-,16-/m1/s1. The van der Waals surface area contributed by atoms with Gasteiger partial charge in [0.1, 0.15) is 11.6 Å². The van der Waals surface area contributed by atoms with E-state index < -0.39 is 0 Å². The summed E-state index contributed by atoms with van der Waals surface area (Å²) in [6.45, 7) is 0. The van der Waals surface area contributed by atoms with Crippen molar-refractivity contribution < 1.29 is 9.21 Å². The number of hydrogen-bond acceptors (Lipinski definition) is 3. The molecule has 1 aliphatic rings. The van der Waals surface area contributed by atoms with Crippen LogP contribution in [0, 0.1) is 5.92 Å². The zero-order chi connectivity index (χ0) is 16.4. The molecular formula is C19H19N3O2. The number of hydrogen-bond donors (Lipinski definition) is 2. The van der Waals surface area contributed by atoms with E-state index >= 15 is 0 Å². The SMILES string of the molecule is O=C(N[C@H](Cc1ncc[nH]1)c1ccccc1)[C@@H]1C[C@H]1c1ccco1. The number of aromatic amines is 1. The van der Waals surface area contributed by atoms with Crippen molar-refractivity contribution in [2.24, 2.45) is 5.92 Å². The Kier molecular flexibility index (Phi) is 3.91. The van der Waals surface area contributed by atoms with E-state index in [1.807, 2.05) is 42.5 Å². The first-order valence-electron chi connectivity index (χ1n) is 8.18. The quantitative estimate of drug-likeness (QED) is 0.732. The second-order valence-corrected chi connectivity index (χ2v) is 6.18. The van der Waals surface area contributed by atoms with Gasteiger partial charge in [0.25, 0.3) is 0 Å². The van der Waals surface area contributed by atoms with Gasteiger partial charge in [-0.25, -0.2) is 4.98 Å². The highest BCUT2D eigenvalue weighted by Crippen LogP contribution is 2.47. The molecule has 3 aromatic rings. The van der Waals surface area contributed by atoms with Crippen LogP contribution in [0.3, 0.4) is 0 Å². The monoisotopic (exact) mass is 321 g/mol. The van der Waals surface area contributed by atoms with Crippen molar-refractivity contribution in [1.82, 2.24) is 15.3 Å². The predicted molar refractivity (Wildman–Crippen MR) is 89.2 cm³/mol. The third-order valence-corrected chi connectivity index (χ3v) is 4.51. The van der Waals surface area contributed by atoms with Crippen LogP contribution in [0.4, 0.5) is 0 Å². The molecule has 5 heteroatoms. The summed E-state index contributed by atoms with van der Waals surface area (Å²) in [4.78, 5) is 20.0. The van der Waals surface area contributed by atoms with Crippen molar-refractivity contribution in [3.05, 3.63) is 78.3 Å². The average molecular weight is 321 g/mol. The molecule has 0 bridgehead atoms. The van der Waals surface area contributed by atoms with E-state index in [2.05, 4.69) is 15.3 Å². The number of amides is 1. The van der Waals surface area contributed by atoms with E-state index in [4.69, 9.17) is 4.42 Å². The lowest BCUT2D eigenvalue weighted by molar-refractivity contribution is -0.123. The van der Waals surface area contributed by atoms with Crippen LogP contribution in [0.25, 0.3) is 0 Å². The summed E-state index contributed by atoms with van der Waals surface area (Å²) in [5.41, 5.74) is 1.08. The molecule has 2 N–H and O–H groups in total. The summed E-state index contributed by atoms with van der Waals surface area (Å²) < 4.78 is 5.42.